The van der Waals surface area contributed by atoms with Crippen molar-refractivity contribution in [3.05, 3.63) is 35.6 Å². The van der Waals surface area contributed by atoms with Crippen LogP contribution in [0.2, 0.25) is 0 Å². The van der Waals surface area contributed by atoms with Crippen molar-refractivity contribution in [2.75, 3.05) is 13.7 Å². The Labute approximate surface area is 124 Å². The molecule has 21 heavy (non-hydrogen) atoms. The number of halogens is 1. The third-order valence-electron chi connectivity index (χ3n) is 3.19. The van der Waals surface area contributed by atoms with Crippen molar-refractivity contribution in [2.45, 2.75) is 38.5 Å². The molecule has 0 aromatic heterocycles. The molecule has 0 spiro atoms. The lowest BCUT2D eigenvalue weighted by Gasteiger charge is -2.06. The summed E-state index contributed by atoms with van der Waals surface area (Å²) >= 11 is 0. The van der Waals surface area contributed by atoms with E-state index in [2.05, 4.69) is 10.1 Å². The Balaban J connectivity index is 2.07. The number of ether oxygens (including phenoxy) is 1. The fraction of sp³-hybridized carbons (Fsp3) is 0.500. The van der Waals surface area contributed by atoms with E-state index in [0.29, 0.717) is 24.9 Å². The van der Waals surface area contributed by atoms with Crippen LogP contribution >= 0.6 is 0 Å². The van der Waals surface area contributed by atoms with Gasteiger partial charge in [-0.15, -0.1) is 0 Å². The average Bonchev–Trinajstić information content (AvgIpc) is 2.49. The van der Waals surface area contributed by atoms with Crippen LogP contribution in [0.1, 0.15) is 37.7 Å². The van der Waals surface area contributed by atoms with Gasteiger partial charge in [0.25, 0.3) is 0 Å². The van der Waals surface area contributed by atoms with Crippen molar-refractivity contribution < 1.29 is 18.7 Å². The molecular formula is C16H22FNO3. The number of rotatable bonds is 9. The summed E-state index contributed by atoms with van der Waals surface area (Å²) in [6.07, 6.45) is 3.55. The highest BCUT2D eigenvalue weighted by atomic mass is 19.1. The highest BCUT2D eigenvalue weighted by Gasteiger charge is 2.05. The summed E-state index contributed by atoms with van der Waals surface area (Å²) in [5.74, 6) is -0.553. The van der Waals surface area contributed by atoms with Crippen LogP contribution in [0.5, 0.6) is 0 Å². The van der Waals surface area contributed by atoms with Crippen LogP contribution in [0, 0.1) is 5.82 Å². The fourth-order valence-electron chi connectivity index (χ4n) is 1.94. The van der Waals surface area contributed by atoms with E-state index in [0.717, 1.165) is 19.3 Å². The minimum absolute atomic E-state index is 0.0776. The minimum atomic E-state index is -0.270. The van der Waals surface area contributed by atoms with E-state index in [1.54, 1.807) is 18.2 Å². The summed E-state index contributed by atoms with van der Waals surface area (Å²) in [7, 11) is 1.37. The van der Waals surface area contributed by atoms with Crippen molar-refractivity contribution in [1.29, 1.82) is 0 Å². The highest BCUT2D eigenvalue weighted by molar-refractivity contribution is 5.76. The fourth-order valence-corrected chi connectivity index (χ4v) is 1.94. The van der Waals surface area contributed by atoms with Gasteiger partial charge in [-0.2, -0.15) is 0 Å². The molecule has 1 aromatic rings. The first-order chi connectivity index (χ1) is 10.1. The molecule has 1 rings (SSSR count). The summed E-state index contributed by atoms with van der Waals surface area (Å²) in [6, 6.07) is 6.48. The first-order valence-corrected chi connectivity index (χ1v) is 7.20. The van der Waals surface area contributed by atoms with E-state index in [1.165, 1.54) is 13.2 Å². The number of hydrogen-bond acceptors (Lipinski definition) is 3. The van der Waals surface area contributed by atoms with Gasteiger partial charge in [0.2, 0.25) is 5.91 Å². The first kappa shape index (κ1) is 17.1. The zero-order valence-corrected chi connectivity index (χ0v) is 12.4. The molecule has 0 heterocycles. The van der Waals surface area contributed by atoms with Gasteiger partial charge in [0.15, 0.2) is 0 Å². The van der Waals surface area contributed by atoms with Crippen LogP contribution in [-0.4, -0.2) is 25.5 Å². The van der Waals surface area contributed by atoms with E-state index >= 15 is 0 Å². The van der Waals surface area contributed by atoms with Crippen molar-refractivity contribution in [3.63, 3.8) is 0 Å². The summed E-state index contributed by atoms with van der Waals surface area (Å²) in [5, 5.41) is 2.80. The Morgan fingerprint density at radius 2 is 1.90 bits per heavy atom. The number of carbonyl (C=O) groups excluding carboxylic acids is 2. The Hall–Kier alpha value is -1.91. The number of nitrogens with one attached hydrogen (secondary N) is 1. The van der Waals surface area contributed by atoms with Gasteiger partial charge in [-0.05, 0) is 30.9 Å². The van der Waals surface area contributed by atoms with Crippen molar-refractivity contribution in [1.82, 2.24) is 5.32 Å². The molecule has 0 radical (unpaired) electrons. The summed E-state index contributed by atoms with van der Waals surface area (Å²) in [4.78, 5) is 22.5. The van der Waals surface area contributed by atoms with E-state index in [-0.39, 0.29) is 24.1 Å². The topological polar surface area (TPSA) is 55.4 Å². The van der Waals surface area contributed by atoms with Crippen LogP contribution in [0.15, 0.2) is 24.3 Å². The molecule has 0 aliphatic heterocycles. The molecule has 0 unspecified atom stereocenters. The smallest absolute Gasteiger partial charge is 0.305 e. The first-order valence-electron chi connectivity index (χ1n) is 7.20. The quantitative estimate of drug-likeness (QED) is 0.563. The number of aryl methyl sites for hydroxylation is 1. The Morgan fingerprint density at radius 1 is 1.14 bits per heavy atom. The predicted octanol–water partition coefficient (Wildman–Crippen LogP) is 2.61. The van der Waals surface area contributed by atoms with Gasteiger partial charge >= 0.3 is 5.97 Å². The van der Waals surface area contributed by atoms with Crippen LogP contribution in [0.3, 0.4) is 0 Å². The zero-order chi connectivity index (χ0) is 15.5. The molecule has 0 bridgehead atoms. The normalized spacial score (nSPS) is 10.2. The van der Waals surface area contributed by atoms with E-state index < -0.39 is 0 Å². The molecule has 116 valence electrons. The molecule has 1 N–H and O–H groups in total. The molecule has 0 atom stereocenters. The van der Waals surface area contributed by atoms with Gasteiger partial charge in [0.05, 0.1) is 7.11 Å². The second-order valence-electron chi connectivity index (χ2n) is 4.83. The number of benzene rings is 1. The van der Waals surface area contributed by atoms with Crippen LogP contribution < -0.4 is 5.32 Å². The number of carbonyl (C=O) groups is 2. The maximum absolute atomic E-state index is 13.4. The average molecular weight is 295 g/mol. The van der Waals surface area contributed by atoms with E-state index in [1.807, 2.05) is 0 Å². The maximum Gasteiger partial charge on any atom is 0.305 e. The second kappa shape index (κ2) is 9.91. The van der Waals surface area contributed by atoms with Gasteiger partial charge in [-0.1, -0.05) is 24.6 Å². The third-order valence-corrected chi connectivity index (χ3v) is 3.19. The Morgan fingerprint density at radius 3 is 2.62 bits per heavy atom. The van der Waals surface area contributed by atoms with Gasteiger partial charge < -0.3 is 10.1 Å². The molecule has 1 amide bonds. The van der Waals surface area contributed by atoms with E-state index in [9.17, 15) is 14.0 Å². The lowest BCUT2D eigenvalue weighted by Crippen LogP contribution is -2.24. The molecule has 0 saturated heterocycles. The van der Waals surface area contributed by atoms with E-state index in [4.69, 9.17) is 0 Å². The maximum atomic E-state index is 13.4. The standard InChI is InChI=1S/C16H22FNO3/c1-21-16(20)9-3-2-6-12-18-15(19)11-10-13-7-4-5-8-14(13)17/h4-5,7-8H,2-3,6,9-12H2,1H3,(H,18,19). The van der Waals surface area contributed by atoms with Crippen molar-refractivity contribution >= 4 is 11.9 Å². The zero-order valence-electron chi connectivity index (χ0n) is 12.4. The number of amides is 1. The number of unbranched alkanes of at least 4 members (excludes halogenated alkanes) is 2. The van der Waals surface area contributed by atoms with Gasteiger partial charge in [0.1, 0.15) is 5.82 Å². The van der Waals surface area contributed by atoms with Crippen LogP contribution in [0.4, 0.5) is 4.39 Å². The molecule has 0 aliphatic rings. The third kappa shape index (κ3) is 7.44. The number of esters is 1. The lowest BCUT2D eigenvalue weighted by atomic mass is 10.1. The minimum Gasteiger partial charge on any atom is -0.469 e. The Kier molecular flexibility index (Phi) is 8.09. The van der Waals surface area contributed by atoms with Gasteiger partial charge in [0, 0.05) is 19.4 Å². The largest absolute Gasteiger partial charge is 0.469 e. The van der Waals surface area contributed by atoms with Crippen molar-refractivity contribution in [2.24, 2.45) is 0 Å². The summed E-state index contributed by atoms with van der Waals surface area (Å²) < 4.78 is 17.9. The lowest BCUT2D eigenvalue weighted by molar-refractivity contribution is -0.140. The molecule has 5 heteroatoms. The number of hydrogen-bond donors (Lipinski definition) is 1. The molecular weight excluding hydrogens is 273 g/mol. The van der Waals surface area contributed by atoms with Gasteiger partial charge in [-0.3, -0.25) is 9.59 Å². The van der Waals surface area contributed by atoms with Gasteiger partial charge in [-0.25, -0.2) is 4.39 Å². The highest BCUT2D eigenvalue weighted by Crippen LogP contribution is 2.08. The molecule has 1 aromatic carbocycles. The molecule has 0 aliphatic carbocycles. The molecule has 0 saturated carbocycles. The molecule has 0 fully saturated rings. The second-order valence-corrected chi connectivity index (χ2v) is 4.83. The van der Waals surface area contributed by atoms with Crippen LogP contribution in [-0.2, 0) is 20.7 Å². The van der Waals surface area contributed by atoms with Crippen LogP contribution in [0.25, 0.3) is 0 Å². The predicted molar refractivity (Wildman–Crippen MR) is 78.2 cm³/mol. The summed E-state index contributed by atoms with van der Waals surface area (Å²) in [6.45, 7) is 0.581. The number of methoxy groups -OCH3 is 1. The monoisotopic (exact) mass is 295 g/mol. The Bertz CT molecular complexity index is 463. The molecule has 4 nitrogen and oxygen atoms in total. The SMILES string of the molecule is COC(=O)CCCCCNC(=O)CCc1ccccc1F. The van der Waals surface area contributed by atoms with Crippen molar-refractivity contribution in [3.8, 4) is 0 Å². The summed E-state index contributed by atoms with van der Waals surface area (Å²) in [5.41, 5.74) is 0.561.